The highest BCUT2D eigenvalue weighted by Crippen LogP contribution is 2.34. The van der Waals surface area contributed by atoms with Gasteiger partial charge in [0.05, 0.1) is 6.04 Å². The van der Waals surface area contributed by atoms with Crippen LogP contribution in [0, 0.1) is 6.92 Å². The highest BCUT2D eigenvalue weighted by atomic mass is 16.2. The van der Waals surface area contributed by atoms with E-state index in [0.717, 1.165) is 25.2 Å². The van der Waals surface area contributed by atoms with Gasteiger partial charge in [0.25, 0.3) is 5.91 Å². The van der Waals surface area contributed by atoms with Gasteiger partial charge in [0.1, 0.15) is 5.82 Å². The lowest BCUT2D eigenvalue weighted by Gasteiger charge is -2.26. The Bertz CT molecular complexity index is 684. The lowest BCUT2D eigenvalue weighted by molar-refractivity contribution is 0.0735. The third-order valence-electron chi connectivity index (χ3n) is 4.32. The number of carbonyl (C=O) groups excluding carboxylic acids is 1. The Morgan fingerprint density at radius 2 is 2.14 bits per heavy atom. The summed E-state index contributed by atoms with van der Waals surface area (Å²) in [5.74, 6) is 0.808. The Morgan fingerprint density at radius 1 is 1.32 bits per heavy atom. The minimum absolute atomic E-state index is 0.0876. The maximum Gasteiger partial charge on any atom is 0.254 e. The second-order valence-electron chi connectivity index (χ2n) is 5.69. The third-order valence-corrected chi connectivity index (χ3v) is 4.32. The lowest BCUT2D eigenvalue weighted by atomic mass is 9.99. The van der Waals surface area contributed by atoms with Crippen molar-refractivity contribution < 1.29 is 4.79 Å². The van der Waals surface area contributed by atoms with E-state index < -0.39 is 0 Å². The van der Waals surface area contributed by atoms with Crippen molar-refractivity contribution in [3.63, 3.8) is 0 Å². The number of hydrogen-bond acceptors (Lipinski definition) is 3. The molecule has 0 radical (unpaired) electrons. The number of rotatable bonds is 3. The first kappa shape index (κ1) is 14.6. The zero-order chi connectivity index (χ0) is 15.5. The average Bonchev–Trinajstić information content (AvgIpc) is 3.04. The van der Waals surface area contributed by atoms with Crippen molar-refractivity contribution in [1.29, 1.82) is 0 Å². The van der Waals surface area contributed by atoms with Crippen molar-refractivity contribution in [1.82, 2.24) is 9.88 Å². The van der Waals surface area contributed by atoms with Gasteiger partial charge in [-0.2, -0.15) is 0 Å². The summed E-state index contributed by atoms with van der Waals surface area (Å²) in [6, 6.07) is 12.1. The Kier molecular flexibility index (Phi) is 4.09. The zero-order valence-electron chi connectivity index (χ0n) is 13.0. The van der Waals surface area contributed by atoms with Crippen LogP contribution in [0.3, 0.4) is 0 Å². The minimum atomic E-state index is 0.0876. The number of aromatic nitrogens is 1. The fraction of sp³-hybridized carbons (Fsp3) is 0.333. The molecule has 1 saturated heterocycles. The van der Waals surface area contributed by atoms with Gasteiger partial charge in [-0.05, 0) is 43.0 Å². The Balaban J connectivity index is 1.89. The largest absolute Gasteiger partial charge is 0.373 e. The van der Waals surface area contributed by atoms with E-state index in [-0.39, 0.29) is 11.9 Å². The number of hydrogen-bond donors (Lipinski definition) is 1. The first-order valence-corrected chi connectivity index (χ1v) is 7.71. The summed E-state index contributed by atoms with van der Waals surface area (Å²) in [6.07, 6.45) is 3.76. The number of benzene rings is 1. The van der Waals surface area contributed by atoms with Gasteiger partial charge < -0.3 is 10.2 Å². The van der Waals surface area contributed by atoms with Crippen molar-refractivity contribution >= 4 is 11.7 Å². The molecule has 1 amide bonds. The first-order valence-electron chi connectivity index (χ1n) is 7.71. The van der Waals surface area contributed by atoms with Crippen LogP contribution in [0.2, 0.25) is 0 Å². The van der Waals surface area contributed by atoms with Gasteiger partial charge in [-0.1, -0.05) is 24.3 Å². The molecular weight excluding hydrogens is 274 g/mol. The molecular formula is C18H21N3O. The van der Waals surface area contributed by atoms with Crippen LogP contribution in [-0.4, -0.2) is 29.4 Å². The molecule has 4 nitrogen and oxygen atoms in total. The number of carbonyl (C=O) groups is 1. The van der Waals surface area contributed by atoms with Crippen molar-refractivity contribution in [3.8, 4) is 0 Å². The molecule has 0 spiro atoms. The second kappa shape index (κ2) is 6.18. The van der Waals surface area contributed by atoms with Gasteiger partial charge in [-0.3, -0.25) is 4.79 Å². The van der Waals surface area contributed by atoms with Crippen LogP contribution in [0.15, 0.2) is 42.6 Å². The SMILES string of the molecule is CNc1cc(C(=O)N2CCC[C@H]2c2ccccc2C)ccn1. The molecule has 2 heterocycles. The molecule has 1 aliphatic rings. The number of likely N-dealkylation sites (tertiary alicyclic amines) is 1. The summed E-state index contributed by atoms with van der Waals surface area (Å²) in [4.78, 5) is 19.1. The molecule has 1 fully saturated rings. The van der Waals surface area contributed by atoms with Crippen LogP contribution in [-0.2, 0) is 0 Å². The molecule has 1 aromatic carbocycles. The van der Waals surface area contributed by atoms with E-state index in [2.05, 4.69) is 35.4 Å². The highest BCUT2D eigenvalue weighted by Gasteiger charge is 2.31. The number of aryl methyl sites for hydroxylation is 1. The molecule has 1 aromatic heterocycles. The number of nitrogens with zero attached hydrogens (tertiary/aromatic N) is 2. The van der Waals surface area contributed by atoms with E-state index in [1.54, 1.807) is 12.3 Å². The molecule has 2 aromatic rings. The van der Waals surface area contributed by atoms with E-state index in [4.69, 9.17) is 0 Å². The molecule has 3 rings (SSSR count). The van der Waals surface area contributed by atoms with E-state index in [1.807, 2.05) is 24.1 Å². The lowest BCUT2D eigenvalue weighted by Crippen LogP contribution is -2.31. The molecule has 0 bridgehead atoms. The van der Waals surface area contributed by atoms with E-state index >= 15 is 0 Å². The number of nitrogens with one attached hydrogen (secondary N) is 1. The minimum Gasteiger partial charge on any atom is -0.373 e. The van der Waals surface area contributed by atoms with Crippen molar-refractivity contribution in [2.75, 3.05) is 18.9 Å². The van der Waals surface area contributed by atoms with Crippen LogP contribution in [0.5, 0.6) is 0 Å². The quantitative estimate of drug-likeness (QED) is 0.944. The predicted molar refractivity (Wildman–Crippen MR) is 88.0 cm³/mol. The Morgan fingerprint density at radius 3 is 2.91 bits per heavy atom. The van der Waals surface area contributed by atoms with Gasteiger partial charge in [-0.25, -0.2) is 4.98 Å². The summed E-state index contributed by atoms with van der Waals surface area (Å²) in [5, 5.41) is 2.98. The van der Waals surface area contributed by atoms with Crippen LogP contribution in [0.25, 0.3) is 0 Å². The number of amides is 1. The molecule has 0 saturated carbocycles. The molecule has 1 N–H and O–H groups in total. The molecule has 4 heteroatoms. The topological polar surface area (TPSA) is 45.2 Å². The van der Waals surface area contributed by atoms with Crippen LogP contribution >= 0.6 is 0 Å². The average molecular weight is 295 g/mol. The molecule has 1 atom stereocenters. The Hall–Kier alpha value is -2.36. The Labute approximate surface area is 131 Å². The van der Waals surface area contributed by atoms with E-state index in [0.29, 0.717) is 5.56 Å². The van der Waals surface area contributed by atoms with Crippen molar-refractivity contribution in [2.24, 2.45) is 0 Å². The number of pyridine rings is 1. The first-order chi connectivity index (χ1) is 10.7. The van der Waals surface area contributed by atoms with Gasteiger partial charge >= 0.3 is 0 Å². The van der Waals surface area contributed by atoms with Gasteiger partial charge in [0, 0.05) is 25.4 Å². The van der Waals surface area contributed by atoms with Crippen LogP contribution in [0.4, 0.5) is 5.82 Å². The summed E-state index contributed by atoms with van der Waals surface area (Å²) >= 11 is 0. The maximum atomic E-state index is 12.9. The molecule has 114 valence electrons. The smallest absolute Gasteiger partial charge is 0.254 e. The molecule has 22 heavy (non-hydrogen) atoms. The molecule has 1 aliphatic heterocycles. The molecule has 0 aliphatic carbocycles. The zero-order valence-corrected chi connectivity index (χ0v) is 13.0. The van der Waals surface area contributed by atoms with Gasteiger partial charge in [0.15, 0.2) is 0 Å². The standard InChI is InChI=1S/C18H21N3O/c1-13-6-3-4-7-15(13)16-8-5-11-21(16)18(22)14-9-10-20-17(12-14)19-2/h3-4,6-7,9-10,12,16H,5,8,11H2,1-2H3,(H,19,20)/t16-/m0/s1. The van der Waals surface area contributed by atoms with E-state index in [1.165, 1.54) is 11.1 Å². The normalized spacial score (nSPS) is 17.5. The fourth-order valence-corrected chi connectivity index (χ4v) is 3.16. The monoisotopic (exact) mass is 295 g/mol. The number of anilines is 1. The summed E-state index contributed by atoms with van der Waals surface area (Å²) in [5.41, 5.74) is 3.20. The second-order valence-corrected chi connectivity index (χ2v) is 5.69. The maximum absolute atomic E-state index is 12.9. The third kappa shape index (κ3) is 2.69. The van der Waals surface area contributed by atoms with Crippen LogP contribution < -0.4 is 5.32 Å². The van der Waals surface area contributed by atoms with Crippen LogP contribution in [0.1, 0.15) is 40.4 Å². The predicted octanol–water partition coefficient (Wildman–Crippen LogP) is 3.41. The summed E-state index contributed by atoms with van der Waals surface area (Å²) in [7, 11) is 1.81. The fourth-order valence-electron chi connectivity index (χ4n) is 3.16. The molecule has 0 unspecified atom stereocenters. The highest BCUT2D eigenvalue weighted by molar-refractivity contribution is 5.95. The van der Waals surface area contributed by atoms with Crippen molar-refractivity contribution in [2.45, 2.75) is 25.8 Å². The van der Waals surface area contributed by atoms with Gasteiger partial charge in [-0.15, -0.1) is 0 Å². The summed E-state index contributed by atoms with van der Waals surface area (Å²) < 4.78 is 0. The summed E-state index contributed by atoms with van der Waals surface area (Å²) in [6.45, 7) is 2.93. The van der Waals surface area contributed by atoms with E-state index in [9.17, 15) is 4.79 Å². The van der Waals surface area contributed by atoms with Crippen molar-refractivity contribution in [3.05, 3.63) is 59.3 Å². The van der Waals surface area contributed by atoms with Gasteiger partial charge in [0.2, 0.25) is 0 Å².